The molecule has 0 unspecified atom stereocenters. The molecule has 23 heavy (non-hydrogen) atoms. The molecule has 0 bridgehead atoms. The van der Waals surface area contributed by atoms with Crippen LogP contribution in [0.1, 0.15) is 38.1 Å². The molecule has 122 valence electrons. The van der Waals surface area contributed by atoms with Gasteiger partial charge in [0.1, 0.15) is 11.6 Å². The maximum atomic E-state index is 13.3. The molecule has 0 N–H and O–H groups in total. The number of carbonyl (C=O) groups excluding carboxylic acids is 1. The Kier molecular flexibility index (Phi) is 4.46. The van der Waals surface area contributed by atoms with E-state index in [-0.39, 0.29) is 17.6 Å². The highest BCUT2D eigenvalue weighted by molar-refractivity contribution is 5.78. The van der Waals surface area contributed by atoms with Crippen LogP contribution < -0.4 is 0 Å². The number of aromatic nitrogens is 2. The lowest BCUT2D eigenvalue weighted by Gasteiger charge is -2.24. The Morgan fingerprint density at radius 1 is 1.43 bits per heavy atom. The van der Waals surface area contributed by atoms with Crippen molar-refractivity contribution >= 4 is 5.91 Å². The van der Waals surface area contributed by atoms with E-state index in [0.29, 0.717) is 19.1 Å². The summed E-state index contributed by atoms with van der Waals surface area (Å²) in [5.41, 5.74) is 0.886. The summed E-state index contributed by atoms with van der Waals surface area (Å²) < 4.78 is 15.3. The van der Waals surface area contributed by atoms with Crippen LogP contribution in [0.15, 0.2) is 36.7 Å². The summed E-state index contributed by atoms with van der Waals surface area (Å²) in [5, 5.41) is 0. The minimum atomic E-state index is -0.237. The van der Waals surface area contributed by atoms with Gasteiger partial charge in [0, 0.05) is 30.9 Å². The summed E-state index contributed by atoms with van der Waals surface area (Å²) in [6.45, 7) is 4.93. The summed E-state index contributed by atoms with van der Waals surface area (Å²) >= 11 is 0. The molecule has 0 aliphatic heterocycles. The molecule has 1 fully saturated rings. The average molecular weight is 315 g/mol. The first-order valence-corrected chi connectivity index (χ1v) is 8.09. The van der Waals surface area contributed by atoms with Gasteiger partial charge in [0.15, 0.2) is 0 Å². The van der Waals surface area contributed by atoms with Crippen molar-refractivity contribution in [1.29, 1.82) is 0 Å². The number of amides is 1. The number of nitrogens with zero attached hydrogens (tertiary/aromatic N) is 3. The lowest BCUT2D eigenvalue weighted by molar-refractivity contribution is -0.135. The van der Waals surface area contributed by atoms with Crippen LogP contribution in [0.25, 0.3) is 0 Å². The van der Waals surface area contributed by atoms with E-state index < -0.39 is 0 Å². The topological polar surface area (TPSA) is 38.1 Å². The molecule has 1 heterocycles. The van der Waals surface area contributed by atoms with Gasteiger partial charge in [0.25, 0.3) is 0 Å². The van der Waals surface area contributed by atoms with Gasteiger partial charge in [-0.2, -0.15) is 0 Å². The molecule has 2 aromatic rings. The van der Waals surface area contributed by atoms with E-state index in [9.17, 15) is 9.18 Å². The number of carbonyl (C=O) groups is 1. The zero-order valence-electron chi connectivity index (χ0n) is 13.6. The van der Waals surface area contributed by atoms with Crippen molar-refractivity contribution in [2.45, 2.75) is 45.8 Å². The van der Waals surface area contributed by atoms with E-state index in [4.69, 9.17) is 0 Å². The second kappa shape index (κ2) is 6.52. The van der Waals surface area contributed by atoms with Crippen LogP contribution >= 0.6 is 0 Å². The molecule has 4 nitrogen and oxygen atoms in total. The molecule has 3 rings (SSSR count). The van der Waals surface area contributed by atoms with Crippen molar-refractivity contribution in [2.75, 3.05) is 0 Å². The third-order valence-electron chi connectivity index (χ3n) is 4.12. The minimum Gasteiger partial charge on any atom is -0.332 e. The van der Waals surface area contributed by atoms with Crippen LogP contribution in [0.4, 0.5) is 4.39 Å². The van der Waals surface area contributed by atoms with E-state index >= 15 is 0 Å². The zero-order chi connectivity index (χ0) is 16.4. The zero-order valence-corrected chi connectivity index (χ0v) is 13.6. The molecule has 1 saturated carbocycles. The number of hydrogen-bond donors (Lipinski definition) is 0. The van der Waals surface area contributed by atoms with Gasteiger partial charge in [0.05, 0.1) is 6.54 Å². The van der Waals surface area contributed by atoms with Crippen LogP contribution in [-0.4, -0.2) is 26.4 Å². The SMILES string of the molecule is CC(C)C(=O)N(Cc1nccn1Cc1cccc(F)c1)C1CC1. The number of imidazole rings is 1. The second-order valence-electron chi connectivity index (χ2n) is 6.45. The van der Waals surface area contributed by atoms with Gasteiger partial charge in [-0.1, -0.05) is 26.0 Å². The Morgan fingerprint density at radius 3 is 2.87 bits per heavy atom. The molecule has 1 aliphatic rings. The third-order valence-corrected chi connectivity index (χ3v) is 4.12. The number of halogens is 1. The Labute approximate surface area is 135 Å². The standard InChI is InChI=1S/C18H22FN3O/c1-13(2)18(23)22(16-6-7-16)12-17-20-8-9-21(17)11-14-4-3-5-15(19)10-14/h3-5,8-10,13,16H,6-7,11-12H2,1-2H3. The maximum absolute atomic E-state index is 13.3. The summed E-state index contributed by atoms with van der Waals surface area (Å²) in [5.74, 6) is 0.768. The highest BCUT2D eigenvalue weighted by atomic mass is 19.1. The number of benzene rings is 1. The van der Waals surface area contributed by atoms with Crippen molar-refractivity contribution in [3.05, 3.63) is 53.9 Å². The van der Waals surface area contributed by atoms with E-state index in [0.717, 1.165) is 24.2 Å². The minimum absolute atomic E-state index is 0.0118. The van der Waals surface area contributed by atoms with Crippen molar-refractivity contribution in [3.8, 4) is 0 Å². The third kappa shape index (κ3) is 3.78. The summed E-state index contributed by atoms with van der Waals surface area (Å²) in [6, 6.07) is 6.92. The van der Waals surface area contributed by atoms with Gasteiger partial charge in [-0.3, -0.25) is 4.79 Å². The summed E-state index contributed by atoms with van der Waals surface area (Å²) in [4.78, 5) is 18.7. The molecule has 0 spiro atoms. The average Bonchev–Trinajstić information content (AvgIpc) is 3.26. The molecule has 1 aromatic carbocycles. The van der Waals surface area contributed by atoms with Crippen LogP contribution in [0, 0.1) is 11.7 Å². The maximum Gasteiger partial charge on any atom is 0.225 e. The lowest BCUT2D eigenvalue weighted by atomic mass is 10.2. The fraction of sp³-hybridized carbons (Fsp3) is 0.444. The van der Waals surface area contributed by atoms with Crippen molar-refractivity contribution in [3.63, 3.8) is 0 Å². The quantitative estimate of drug-likeness (QED) is 0.821. The molecule has 0 atom stereocenters. The van der Waals surface area contributed by atoms with Crippen LogP contribution in [0.3, 0.4) is 0 Å². The Hall–Kier alpha value is -2.17. The number of hydrogen-bond acceptors (Lipinski definition) is 2. The Bertz CT molecular complexity index is 691. The largest absolute Gasteiger partial charge is 0.332 e. The first-order valence-electron chi connectivity index (χ1n) is 8.09. The molecular weight excluding hydrogens is 293 g/mol. The smallest absolute Gasteiger partial charge is 0.225 e. The molecular formula is C18H22FN3O. The predicted molar refractivity (Wildman–Crippen MR) is 86.1 cm³/mol. The summed E-state index contributed by atoms with van der Waals surface area (Å²) in [7, 11) is 0. The number of rotatable bonds is 6. The highest BCUT2D eigenvalue weighted by Crippen LogP contribution is 2.29. The monoisotopic (exact) mass is 315 g/mol. The highest BCUT2D eigenvalue weighted by Gasteiger charge is 2.34. The van der Waals surface area contributed by atoms with E-state index in [1.807, 2.05) is 35.6 Å². The van der Waals surface area contributed by atoms with E-state index in [1.165, 1.54) is 12.1 Å². The second-order valence-corrected chi connectivity index (χ2v) is 6.45. The van der Waals surface area contributed by atoms with Crippen molar-refractivity contribution in [2.24, 2.45) is 5.92 Å². The molecule has 0 saturated heterocycles. The molecule has 5 heteroatoms. The first-order chi connectivity index (χ1) is 11.0. The van der Waals surface area contributed by atoms with Crippen LogP contribution in [0.2, 0.25) is 0 Å². The van der Waals surface area contributed by atoms with Gasteiger partial charge < -0.3 is 9.47 Å². The van der Waals surface area contributed by atoms with E-state index in [1.54, 1.807) is 12.3 Å². The fourth-order valence-electron chi connectivity index (χ4n) is 2.72. The van der Waals surface area contributed by atoms with Gasteiger partial charge >= 0.3 is 0 Å². The van der Waals surface area contributed by atoms with Crippen molar-refractivity contribution < 1.29 is 9.18 Å². The molecule has 1 aliphatic carbocycles. The van der Waals surface area contributed by atoms with Crippen molar-refractivity contribution in [1.82, 2.24) is 14.5 Å². The van der Waals surface area contributed by atoms with Gasteiger partial charge in [-0.15, -0.1) is 0 Å². The molecule has 1 amide bonds. The van der Waals surface area contributed by atoms with E-state index in [2.05, 4.69) is 4.98 Å². The molecule has 1 aromatic heterocycles. The van der Waals surface area contributed by atoms with Gasteiger partial charge in [0.2, 0.25) is 5.91 Å². The van der Waals surface area contributed by atoms with Crippen LogP contribution in [-0.2, 0) is 17.9 Å². The molecule has 0 radical (unpaired) electrons. The normalized spacial score (nSPS) is 14.3. The first kappa shape index (κ1) is 15.7. The lowest BCUT2D eigenvalue weighted by Crippen LogP contribution is -2.36. The summed E-state index contributed by atoms with van der Waals surface area (Å²) in [6.07, 6.45) is 5.76. The Balaban J connectivity index is 1.76. The Morgan fingerprint density at radius 2 is 2.22 bits per heavy atom. The van der Waals surface area contributed by atoms with Gasteiger partial charge in [-0.25, -0.2) is 9.37 Å². The van der Waals surface area contributed by atoms with Crippen LogP contribution in [0.5, 0.6) is 0 Å². The van der Waals surface area contributed by atoms with Gasteiger partial charge in [-0.05, 0) is 30.5 Å². The fourth-order valence-corrected chi connectivity index (χ4v) is 2.72. The predicted octanol–water partition coefficient (Wildman–Crippen LogP) is 3.22.